The molecule has 3 N–H and O–H groups in total. The zero-order chi connectivity index (χ0) is 18.6. The Hall–Kier alpha value is -1.75. The van der Waals surface area contributed by atoms with E-state index in [9.17, 15) is 5.11 Å². The van der Waals surface area contributed by atoms with Gasteiger partial charge in [-0.3, -0.25) is 0 Å². The Morgan fingerprint density at radius 2 is 2.04 bits per heavy atom. The molecule has 0 amide bonds. The molecule has 0 aromatic heterocycles. The molecule has 1 unspecified atom stereocenters. The van der Waals surface area contributed by atoms with Gasteiger partial charge in [0.1, 0.15) is 5.75 Å². The first-order chi connectivity index (χ1) is 12.8. The average Bonchev–Trinajstić information content (AvgIpc) is 3.47. The molecule has 26 heavy (non-hydrogen) atoms. The average molecular weight is 362 g/mol. The summed E-state index contributed by atoms with van der Waals surface area (Å²) in [5, 5.41) is 16.0. The predicted molar refractivity (Wildman–Crippen MR) is 108 cm³/mol. The smallest absolute Gasteiger partial charge is 0.191 e. The molecule has 2 rings (SSSR count). The van der Waals surface area contributed by atoms with Gasteiger partial charge in [-0.15, -0.1) is 0 Å². The summed E-state index contributed by atoms with van der Waals surface area (Å²) in [7, 11) is 0. The van der Waals surface area contributed by atoms with Gasteiger partial charge in [-0.05, 0) is 50.5 Å². The minimum atomic E-state index is 0.242. The van der Waals surface area contributed by atoms with Crippen LogP contribution in [0, 0.1) is 11.8 Å². The number of hydrogen-bond acceptors (Lipinski definition) is 3. The summed E-state index contributed by atoms with van der Waals surface area (Å²) in [4.78, 5) is 4.73. The van der Waals surface area contributed by atoms with Gasteiger partial charge in [-0.2, -0.15) is 0 Å². The number of aliphatic imine (C=N–C) groups is 1. The summed E-state index contributed by atoms with van der Waals surface area (Å²) >= 11 is 0. The quantitative estimate of drug-likeness (QED) is 0.395. The van der Waals surface area contributed by atoms with Crippen LogP contribution in [0.15, 0.2) is 29.3 Å². The molecule has 1 aromatic rings. The van der Waals surface area contributed by atoms with Crippen LogP contribution >= 0.6 is 0 Å². The van der Waals surface area contributed by atoms with E-state index >= 15 is 0 Å². The molecule has 0 radical (unpaired) electrons. The molecule has 0 aliphatic heterocycles. The van der Waals surface area contributed by atoms with Crippen LogP contribution in [0.5, 0.6) is 5.75 Å². The van der Waals surface area contributed by atoms with E-state index in [-0.39, 0.29) is 6.61 Å². The highest BCUT2D eigenvalue weighted by atomic mass is 16.5. The molecule has 0 heterocycles. The Balaban J connectivity index is 1.92. The van der Waals surface area contributed by atoms with E-state index < -0.39 is 0 Å². The second-order valence-corrected chi connectivity index (χ2v) is 7.11. The highest BCUT2D eigenvalue weighted by Gasteiger charge is 2.22. The zero-order valence-corrected chi connectivity index (χ0v) is 16.3. The molecular formula is C21H35N3O2. The Labute approximate surface area is 158 Å². The summed E-state index contributed by atoms with van der Waals surface area (Å²) in [6.07, 6.45) is 5.66. The predicted octanol–water partition coefficient (Wildman–Crippen LogP) is 3.33. The van der Waals surface area contributed by atoms with Crippen LogP contribution in [0.2, 0.25) is 0 Å². The molecule has 1 aliphatic rings. The third-order valence-electron chi connectivity index (χ3n) is 4.69. The Morgan fingerprint density at radius 3 is 2.73 bits per heavy atom. The molecule has 1 saturated carbocycles. The van der Waals surface area contributed by atoms with Crippen LogP contribution in [0.4, 0.5) is 0 Å². The second-order valence-electron chi connectivity index (χ2n) is 7.11. The van der Waals surface area contributed by atoms with Crippen molar-refractivity contribution in [3.05, 3.63) is 29.8 Å². The number of para-hydroxylation sites is 1. The first-order valence-corrected chi connectivity index (χ1v) is 10.1. The largest absolute Gasteiger partial charge is 0.493 e. The summed E-state index contributed by atoms with van der Waals surface area (Å²) in [5.41, 5.74) is 1.12. The third kappa shape index (κ3) is 7.65. The fourth-order valence-electron chi connectivity index (χ4n) is 2.95. The van der Waals surface area contributed by atoms with Crippen LogP contribution in [0.1, 0.15) is 51.5 Å². The van der Waals surface area contributed by atoms with Gasteiger partial charge in [0.25, 0.3) is 0 Å². The summed E-state index contributed by atoms with van der Waals surface area (Å²) < 4.78 is 5.98. The lowest BCUT2D eigenvalue weighted by Gasteiger charge is -2.18. The normalized spacial score (nSPS) is 15.6. The van der Waals surface area contributed by atoms with Gasteiger partial charge in [0, 0.05) is 25.3 Å². The number of benzene rings is 1. The van der Waals surface area contributed by atoms with E-state index in [1.54, 1.807) is 0 Å². The van der Waals surface area contributed by atoms with Crippen molar-refractivity contribution in [2.45, 2.75) is 52.5 Å². The molecule has 0 saturated heterocycles. The van der Waals surface area contributed by atoms with Crippen LogP contribution in [-0.2, 0) is 6.54 Å². The van der Waals surface area contributed by atoms with Crippen LogP contribution in [0.3, 0.4) is 0 Å². The van der Waals surface area contributed by atoms with E-state index in [0.29, 0.717) is 12.5 Å². The van der Waals surface area contributed by atoms with E-state index in [1.165, 1.54) is 12.8 Å². The maximum absolute atomic E-state index is 9.22. The molecule has 1 atom stereocenters. The van der Waals surface area contributed by atoms with E-state index in [0.717, 1.165) is 62.1 Å². The van der Waals surface area contributed by atoms with Gasteiger partial charge in [0.2, 0.25) is 0 Å². The summed E-state index contributed by atoms with van der Waals surface area (Å²) in [6, 6.07) is 8.17. The number of nitrogens with zero attached hydrogens (tertiary/aromatic N) is 1. The van der Waals surface area contributed by atoms with Gasteiger partial charge in [-0.25, -0.2) is 4.99 Å². The topological polar surface area (TPSA) is 65.9 Å². The second kappa shape index (κ2) is 11.8. The molecule has 1 aliphatic carbocycles. The Bertz CT molecular complexity index is 538. The van der Waals surface area contributed by atoms with Gasteiger partial charge in [0.15, 0.2) is 5.96 Å². The maximum atomic E-state index is 9.22. The monoisotopic (exact) mass is 361 g/mol. The summed E-state index contributed by atoms with van der Waals surface area (Å²) in [6.45, 7) is 7.56. The molecule has 0 bridgehead atoms. The highest BCUT2D eigenvalue weighted by molar-refractivity contribution is 5.79. The van der Waals surface area contributed by atoms with Gasteiger partial charge < -0.3 is 20.5 Å². The van der Waals surface area contributed by atoms with Crippen molar-refractivity contribution in [1.82, 2.24) is 10.6 Å². The van der Waals surface area contributed by atoms with Crippen molar-refractivity contribution < 1.29 is 9.84 Å². The van der Waals surface area contributed by atoms with E-state index in [2.05, 4.69) is 30.5 Å². The number of ether oxygens (including phenoxy) is 1. The number of aliphatic hydroxyl groups excluding tert-OH is 1. The molecule has 1 aromatic carbocycles. The van der Waals surface area contributed by atoms with Gasteiger partial charge in [0.05, 0.1) is 13.2 Å². The number of hydrogen-bond donors (Lipinski definition) is 3. The third-order valence-corrected chi connectivity index (χ3v) is 4.69. The number of aliphatic hydroxyl groups is 1. The van der Waals surface area contributed by atoms with Crippen molar-refractivity contribution in [3.8, 4) is 5.75 Å². The minimum Gasteiger partial charge on any atom is -0.493 e. The fraction of sp³-hybridized carbons (Fsp3) is 0.667. The number of nitrogens with one attached hydrogen (secondary N) is 2. The summed E-state index contributed by atoms with van der Waals surface area (Å²) in [5.74, 6) is 2.99. The SMILES string of the molecule is CCCC(CCO)CNC(=NCc1ccccc1OCC1CC1)NCC. The Morgan fingerprint density at radius 1 is 1.23 bits per heavy atom. The first-order valence-electron chi connectivity index (χ1n) is 10.1. The minimum absolute atomic E-state index is 0.242. The maximum Gasteiger partial charge on any atom is 0.191 e. The molecule has 5 nitrogen and oxygen atoms in total. The molecule has 5 heteroatoms. The van der Waals surface area contributed by atoms with Gasteiger partial charge in [-0.1, -0.05) is 31.5 Å². The van der Waals surface area contributed by atoms with Crippen molar-refractivity contribution in [2.24, 2.45) is 16.8 Å². The number of guanidine groups is 1. The van der Waals surface area contributed by atoms with Crippen LogP contribution in [-0.4, -0.2) is 37.4 Å². The van der Waals surface area contributed by atoms with Crippen LogP contribution in [0.25, 0.3) is 0 Å². The molecule has 146 valence electrons. The lowest BCUT2D eigenvalue weighted by Crippen LogP contribution is -2.40. The molecule has 1 fully saturated rings. The first kappa shape index (κ1) is 20.6. The molecule has 0 spiro atoms. The van der Waals surface area contributed by atoms with Crippen molar-refractivity contribution in [2.75, 3.05) is 26.3 Å². The van der Waals surface area contributed by atoms with E-state index in [4.69, 9.17) is 9.73 Å². The molecular weight excluding hydrogens is 326 g/mol. The van der Waals surface area contributed by atoms with E-state index in [1.807, 2.05) is 18.2 Å². The van der Waals surface area contributed by atoms with Crippen molar-refractivity contribution in [1.29, 1.82) is 0 Å². The van der Waals surface area contributed by atoms with Crippen molar-refractivity contribution >= 4 is 5.96 Å². The van der Waals surface area contributed by atoms with Crippen molar-refractivity contribution in [3.63, 3.8) is 0 Å². The standard InChI is InChI=1S/C21H35N3O2/c1-3-7-17(12-13-25)14-23-21(22-4-2)24-15-19-8-5-6-9-20(19)26-16-18-10-11-18/h5-6,8-9,17-18,25H,3-4,7,10-16H2,1-2H3,(H2,22,23,24). The van der Waals surface area contributed by atoms with Crippen LogP contribution < -0.4 is 15.4 Å². The number of rotatable bonds is 12. The van der Waals surface area contributed by atoms with Gasteiger partial charge >= 0.3 is 0 Å². The fourth-order valence-corrected chi connectivity index (χ4v) is 2.95. The Kier molecular flexibility index (Phi) is 9.32. The lowest BCUT2D eigenvalue weighted by atomic mass is 10.0. The zero-order valence-electron chi connectivity index (χ0n) is 16.3. The lowest BCUT2D eigenvalue weighted by molar-refractivity contribution is 0.251. The highest BCUT2D eigenvalue weighted by Crippen LogP contribution is 2.30.